The largest absolute Gasteiger partial charge is 0.451 e. The number of carbonyl (C=O) groups excluding carboxylic acids is 1. The number of hydrogen-bond donors (Lipinski definition) is 0. The van der Waals surface area contributed by atoms with Crippen molar-refractivity contribution in [2.24, 2.45) is 17.3 Å². The summed E-state index contributed by atoms with van der Waals surface area (Å²) in [7, 11) is 0. The van der Waals surface area contributed by atoms with Crippen molar-refractivity contribution in [3.63, 3.8) is 0 Å². The Labute approximate surface area is 115 Å². The van der Waals surface area contributed by atoms with E-state index in [1.165, 1.54) is 17.6 Å². The molecule has 2 nitrogen and oxygen atoms in total. The summed E-state index contributed by atoms with van der Waals surface area (Å²) < 4.78 is 5.78. The van der Waals surface area contributed by atoms with Gasteiger partial charge >= 0.3 is 5.97 Å². The van der Waals surface area contributed by atoms with Gasteiger partial charge in [0.1, 0.15) is 5.60 Å². The summed E-state index contributed by atoms with van der Waals surface area (Å²) in [5.74, 6) is 1.15. The molecule has 19 heavy (non-hydrogen) atoms. The molecule has 0 bridgehead atoms. The van der Waals surface area contributed by atoms with Crippen LogP contribution in [0.5, 0.6) is 0 Å². The summed E-state index contributed by atoms with van der Waals surface area (Å²) >= 11 is 0. The topological polar surface area (TPSA) is 26.3 Å². The van der Waals surface area contributed by atoms with Crippen LogP contribution >= 0.6 is 0 Å². The quantitative estimate of drug-likeness (QED) is 0.556. The van der Waals surface area contributed by atoms with Crippen LogP contribution in [0.25, 0.3) is 0 Å². The monoisotopic (exact) mass is 258 g/mol. The lowest BCUT2D eigenvalue weighted by atomic mass is 9.81. The lowest BCUT2D eigenvalue weighted by Gasteiger charge is -2.29. The lowest BCUT2D eigenvalue weighted by Crippen LogP contribution is -2.33. The van der Waals surface area contributed by atoms with Crippen LogP contribution in [0, 0.1) is 17.3 Å². The molecule has 3 unspecified atom stereocenters. The molecule has 1 fully saturated rings. The van der Waals surface area contributed by atoms with E-state index in [0.717, 1.165) is 12.3 Å². The van der Waals surface area contributed by atoms with E-state index in [9.17, 15) is 4.79 Å². The van der Waals surface area contributed by atoms with Gasteiger partial charge in [0.05, 0.1) is 0 Å². The zero-order chi connectivity index (χ0) is 14.0. The first-order valence-corrected chi connectivity index (χ1v) is 7.07. The fraction of sp³-hybridized carbons (Fsp3) is 0.588. The predicted molar refractivity (Wildman–Crippen MR) is 75.5 cm³/mol. The molecule has 0 aliphatic heterocycles. The SMILES string of the molecule is C=C(C)C(=O)OC1(C)CC(C)(C)C2=C1C=CC1CC21. The van der Waals surface area contributed by atoms with E-state index in [4.69, 9.17) is 4.74 Å². The second kappa shape index (κ2) is 3.62. The zero-order valence-corrected chi connectivity index (χ0v) is 12.2. The van der Waals surface area contributed by atoms with Crippen molar-refractivity contribution < 1.29 is 9.53 Å². The van der Waals surface area contributed by atoms with Gasteiger partial charge in [-0.2, -0.15) is 0 Å². The van der Waals surface area contributed by atoms with Crippen LogP contribution < -0.4 is 0 Å². The summed E-state index contributed by atoms with van der Waals surface area (Å²) in [4.78, 5) is 11.9. The van der Waals surface area contributed by atoms with Gasteiger partial charge < -0.3 is 4.74 Å². The van der Waals surface area contributed by atoms with Crippen molar-refractivity contribution in [1.29, 1.82) is 0 Å². The minimum Gasteiger partial charge on any atom is -0.451 e. The van der Waals surface area contributed by atoms with Crippen LogP contribution in [-0.2, 0) is 9.53 Å². The van der Waals surface area contributed by atoms with E-state index >= 15 is 0 Å². The van der Waals surface area contributed by atoms with Crippen molar-refractivity contribution in [2.75, 3.05) is 0 Å². The van der Waals surface area contributed by atoms with Crippen LogP contribution in [0.1, 0.15) is 40.5 Å². The number of fused-ring (bicyclic) bond motifs is 2. The second-order valence-corrected chi connectivity index (χ2v) is 7.15. The Morgan fingerprint density at radius 2 is 2.11 bits per heavy atom. The summed E-state index contributed by atoms with van der Waals surface area (Å²) in [6, 6.07) is 0. The van der Waals surface area contributed by atoms with Crippen LogP contribution in [-0.4, -0.2) is 11.6 Å². The van der Waals surface area contributed by atoms with Crippen molar-refractivity contribution in [3.05, 3.63) is 35.5 Å². The highest BCUT2D eigenvalue weighted by molar-refractivity contribution is 5.87. The van der Waals surface area contributed by atoms with E-state index in [-0.39, 0.29) is 11.4 Å². The summed E-state index contributed by atoms with van der Waals surface area (Å²) in [5, 5.41) is 0. The number of rotatable bonds is 2. The summed E-state index contributed by atoms with van der Waals surface area (Å²) in [5.41, 5.74) is 2.88. The highest BCUT2D eigenvalue weighted by Crippen LogP contribution is 2.62. The Balaban J connectivity index is 1.98. The molecule has 2 heteroatoms. The van der Waals surface area contributed by atoms with Crippen molar-refractivity contribution in [1.82, 2.24) is 0 Å². The third kappa shape index (κ3) is 1.80. The normalized spacial score (nSPS) is 37.7. The Hall–Kier alpha value is -1.31. The minimum absolute atomic E-state index is 0.129. The third-order valence-corrected chi connectivity index (χ3v) is 4.76. The van der Waals surface area contributed by atoms with Gasteiger partial charge in [-0.3, -0.25) is 0 Å². The Bertz CT molecular complexity index is 535. The van der Waals surface area contributed by atoms with Crippen molar-refractivity contribution in [3.8, 4) is 0 Å². The molecule has 3 aliphatic carbocycles. The van der Waals surface area contributed by atoms with E-state index in [0.29, 0.717) is 11.5 Å². The number of carbonyl (C=O) groups is 1. The highest BCUT2D eigenvalue weighted by Gasteiger charge is 2.56. The Morgan fingerprint density at radius 3 is 2.74 bits per heavy atom. The number of ether oxygens (including phenoxy) is 1. The first kappa shape index (κ1) is 12.7. The average Bonchev–Trinajstić information content (AvgIpc) is 3.00. The molecule has 0 N–H and O–H groups in total. The van der Waals surface area contributed by atoms with Gasteiger partial charge in [-0.15, -0.1) is 0 Å². The number of esters is 1. The highest BCUT2D eigenvalue weighted by atomic mass is 16.6. The molecule has 0 aromatic heterocycles. The average molecular weight is 258 g/mol. The number of allylic oxidation sites excluding steroid dienone is 2. The van der Waals surface area contributed by atoms with E-state index in [1.807, 2.05) is 6.92 Å². The number of hydrogen-bond acceptors (Lipinski definition) is 2. The Kier molecular flexibility index (Phi) is 2.42. The van der Waals surface area contributed by atoms with E-state index in [1.54, 1.807) is 6.92 Å². The molecule has 3 aliphatic rings. The molecule has 3 atom stereocenters. The van der Waals surface area contributed by atoms with Crippen LogP contribution in [0.2, 0.25) is 0 Å². The van der Waals surface area contributed by atoms with Gasteiger partial charge in [-0.25, -0.2) is 4.79 Å². The smallest absolute Gasteiger partial charge is 0.333 e. The maximum Gasteiger partial charge on any atom is 0.333 e. The lowest BCUT2D eigenvalue weighted by molar-refractivity contribution is -0.150. The molecule has 102 valence electrons. The van der Waals surface area contributed by atoms with E-state index < -0.39 is 5.60 Å². The first-order valence-electron chi connectivity index (χ1n) is 7.07. The van der Waals surface area contributed by atoms with Crippen molar-refractivity contribution in [2.45, 2.75) is 46.1 Å². The molecular formula is C17H22O2. The molecule has 1 saturated carbocycles. The molecule has 0 heterocycles. The molecule has 0 aromatic carbocycles. The van der Waals surface area contributed by atoms with Crippen LogP contribution in [0.4, 0.5) is 0 Å². The fourth-order valence-electron chi connectivity index (χ4n) is 4.01. The standard InChI is InChI=1S/C17H22O2/c1-10(2)15(18)19-17(5)9-16(3,4)14-12-8-11(12)6-7-13(14)17/h6-7,11-12H,1,8-9H2,2-5H3. The van der Waals surface area contributed by atoms with Gasteiger partial charge in [0.15, 0.2) is 0 Å². The zero-order valence-electron chi connectivity index (χ0n) is 12.2. The van der Waals surface area contributed by atoms with Crippen molar-refractivity contribution >= 4 is 5.97 Å². The maximum atomic E-state index is 11.9. The fourth-order valence-corrected chi connectivity index (χ4v) is 4.01. The van der Waals surface area contributed by atoms with Crippen LogP contribution in [0.3, 0.4) is 0 Å². The van der Waals surface area contributed by atoms with Gasteiger partial charge in [0.2, 0.25) is 0 Å². The predicted octanol–water partition coefficient (Wildman–Crippen LogP) is 3.80. The molecule has 0 amide bonds. The molecular weight excluding hydrogens is 236 g/mol. The van der Waals surface area contributed by atoms with Gasteiger partial charge in [0.25, 0.3) is 0 Å². The maximum absolute atomic E-state index is 11.9. The summed E-state index contributed by atoms with van der Waals surface area (Å²) in [6.07, 6.45) is 6.63. The Morgan fingerprint density at radius 1 is 1.42 bits per heavy atom. The minimum atomic E-state index is -0.487. The first-order chi connectivity index (χ1) is 8.74. The molecule has 3 rings (SSSR count). The summed E-state index contributed by atoms with van der Waals surface area (Å²) in [6.45, 7) is 12.0. The van der Waals surface area contributed by atoms with Crippen LogP contribution in [0.15, 0.2) is 35.5 Å². The van der Waals surface area contributed by atoms with Gasteiger partial charge in [0, 0.05) is 12.0 Å². The molecule has 0 aromatic rings. The molecule has 0 saturated heterocycles. The van der Waals surface area contributed by atoms with Gasteiger partial charge in [-0.05, 0) is 43.1 Å². The van der Waals surface area contributed by atoms with E-state index in [2.05, 4.69) is 32.6 Å². The second-order valence-electron chi connectivity index (χ2n) is 7.15. The third-order valence-electron chi connectivity index (χ3n) is 4.76. The molecule has 0 spiro atoms. The molecule has 0 radical (unpaired) electrons. The van der Waals surface area contributed by atoms with Gasteiger partial charge in [-0.1, -0.05) is 38.2 Å².